The highest BCUT2D eigenvalue weighted by Gasteiger charge is 2.29. The van der Waals surface area contributed by atoms with E-state index in [1.54, 1.807) is 6.33 Å². The second-order valence-electron chi connectivity index (χ2n) is 4.33. The second-order valence-corrected chi connectivity index (χ2v) is 5.50. The quantitative estimate of drug-likeness (QED) is 0.802. The zero-order chi connectivity index (χ0) is 13.2. The van der Waals surface area contributed by atoms with Gasteiger partial charge in [-0.15, -0.1) is 10.2 Å². The van der Waals surface area contributed by atoms with Crippen LogP contribution in [0.5, 0.6) is 0 Å². The van der Waals surface area contributed by atoms with Gasteiger partial charge in [-0.05, 0) is 18.6 Å². The summed E-state index contributed by atoms with van der Waals surface area (Å²) in [6.45, 7) is 2.53. The van der Waals surface area contributed by atoms with Gasteiger partial charge in [0.05, 0.1) is 12.3 Å². The van der Waals surface area contributed by atoms with Gasteiger partial charge in [0, 0.05) is 6.42 Å². The van der Waals surface area contributed by atoms with Crippen LogP contribution in [0.15, 0.2) is 35.7 Å². The van der Waals surface area contributed by atoms with E-state index in [0.717, 1.165) is 22.8 Å². The topological polar surface area (TPSA) is 57.0 Å². The normalized spacial score (nSPS) is 18.6. The zero-order valence-electron chi connectivity index (χ0n) is 10.4. The van der Waals surface area contributed by atoms with Crippen molar-refractivity contribution in [2.24, 2.45) is 0 Å². The van der Waals surface area contributed by atoms with Crippen LogP contribution < -0.4 is 0 Å². The zero-order valence-corrected chi connectivity index (χ0v) is 11.3. The Labute approximate surface area is 115 Å². The molecule has 6 heteroatoms. The molecule has 1 fully saturated rings. The van der Waals surface area contributed by atoms with Gasteiger partial charge >= 0.3 is 5.97 Å². The number of thioether (sulfide) groups is 1. The molecule has 0 spiro atoms. The Morgan fingerprint density at radius 2 is 2.26 bits per heavy atom. The van der Waals surface area contributed by atoms with Crippen LogP contribution in [-0.4, -0.2) is 32.6 Å². The first-order valence-electron chi connectivity index (χ1n) is 6.05. The summed E-state index contributed by atoms with van der Waals surface area (Å²) in [5.74, 6) is -0.163. The largest absolute Gasteiger partial charge is 0.465 e. The van der Waals surface area contributed by atoms with Gasteiger partial charge in [-0.25, -0.2) is 0 Å². The van der Waals surface area contributed by atoms with Crippen molar-refractivity contribution in [3.05, 3.63) is 36.2 Å². The van der Waals surface area contributed by atoms with Crippen molar-refractivity contribution in [1.82, 2.24) is 14.8 Å². The van der Waals surface area contributed by atoms with Crippen LogP contribution in [0.1, 0.15) is 12.0 Å². The Morgan fingerprint density at radius 1 is 1.42 bits per heavy atom. The number of para-hydroxylation sites is 1. The molecule has 0 aliphatic carbocycles. The number of carbonyl (C=O) groups excluding carboxylic acids is 1. The fraction of sp³-hybridized carbons (Fsp3) is 0.308. The van der Waals surface area contributed by atoms with Crippen LogP contribution >= 0.6 is 11.8 Å². The smallest absolute Gasteiger partial charge is 0.319 e. The molecule has 0 unspecified atom stereocenters. The molecule has 1 saturated heterocycles. The minimum atomic E-state index is -0.174. The molecule has 0 saturated carbocycles. The average Bonchev–Trinajstić information content (AvgIpc) is 3.01. The van der Waals surface area contributed by atoms with Crippen LogP contribution in [-0.2, 0) is 9.53 Å². The lowest BCUT2D eigenvalue weighted by Gasteiger charge is -2.10. The summed E-state index contributed by atoms with van der Waals surface area (Å²) in [6, 6.07) is 8.01. The molecule has 3 rings (SSSR count). The van der Waals surface area contributed by atoms with E-state index in [2.05, 4.69) is 10.2 Å². The number of hydrogen-bond acceptors (Lipinski definition) is 5. The highest BCUT2D eigenvalue weighted by molar-refractivity contribution is 8.00. The Hall–Kier alpha value is -1.82. The van der Waals surface area contributed by atoms with Gasteiger partial charge in [0.15, 0.2) is 5.16 Å². The van der Waals surface area contributed by atoms with E-state index < -0.39 is 0 Å². The molecule has 2 aromatic rings. The molecule has 1 aliphatic heterocycles. The Kier molecular flexibility index (Phi) is 3.25. The van der Waals surface area contributed by atoms with Crippen molar-refractivity contribution in [2.45, 2.75) is 23.8 Å². The van der Waals surface area contributed by atoms with Crippen molar-refractivity contribution >= 4 is 17.7 Å². The molecule has 0 radical (unpaired) electrons. The Bertz CT molecular complexity index is 611. The summed E-state index contributed by atoms with van der Waals surface area (Å²) in [6.07, 6.45) is 2.40. The minimum absolute atomic E-state index is 0.163. The molecule has 1 aliphatic rings. The number of nitrogens with zero attached hydrogens (tertiary/aromatic N) is 3. The minimum Gasteiger partial charge on any atom is -0.465 e. The SMILES string of the molecule is Cc1ccccc1-n1cnnc1S[C@H]1CCOC1=O. The first-order valence-corrected chi connectivity index (χ1v) is 6.93. The van der Waals surface area contributed by atoms with Crippen LogP contribution in [0, 0.1) is 6.92 Å². The third kappa shape index (κ3) is 2.35. The van der Waals surface area contributed by atoms with E-state index >= 15 is 0 Å². The molecule has 98 valence electrons. The molecule has 5 nitrogen and oxygen atoms in total. The standard InChI is InChI=1S/C13H13N3O2S/c1-9-4-2-3-5-10(9)16-8-14-15-13(16)19-11-6-7-18-12(11)17/h2-5,8,11H,6-7H2,1H3/t11-/m0/s1. The third-order valence-electron chi connectivity index (χ3n) is 3.03. The molecule has 0 amide bonds. The molecule has 1 aromatic heterocycles. The predicted octanol–water partition coefficient (Wildman–Crippen LogP) is 1.98. The molecular formula is C13H13N3O2S. The lowest BCUT2D eigenvalue weighted by Crippen LogP contribution is -2.11. The first kappa shape index (κ1) is 12.2. The maximum absolute atomic E-state index is 11.5. The number of ether oxygens (including phenoxy) is 1. The molecular weight excluding hydrogens is 262 g/mol. The van der Waals surface area contributed by atoms with Gasteiger partial charge < -0.3 is 4.74 Å². The lowest BCUT2D eigenvalue weighted by atomic mass is 10.2. The third-order valence-corrected chi connectivity index (χ3v) is 4.23. The van der Waals surface area contributed by atoms with Gasteiger partial charge in [0.2, 0.25) is 0 Å². The van der Waals surface area contributed by atoms with Crippen LogP contribution in [0.25, 0.3) is 5.69 Å². The fourth-order valence-corrected chi connectivity index (χ4v) is 3.00. The number of benzene rings is 1. The van der Waals surface area contributed by atoms with Crippen LogP contribution in [0.3, 0.4) is 0 Å². The molecule has 0 bridgehead atoms. The number of cyclic esters (lactones) is 1. The fourth-order valence-electron chi connectivity index (χ4n) is 2.02. The number of aromatic nitrogens is 3. The lowest BCUT2D eigenvalue weighted by molar-refractivity contribution is -0.137. The summed E-state index contributed by atoms with van der Waals surface area (Å²) in [5, 5.41) is 8.59. The van der Waals surface area contributed by atoms with Gasteiger partial charge in [-0.1, -0.05) is 30.0 Å². The molecule has 0 N–H and O–H groups in total. The number of esters is 1. The van der Waals surface area contributed by atoms with E-state index in [1.807, 2.05) is 35.8 Å². The van der Waals surface area contributed by atoms with E-state index in [0.29, 0.717) is 6.61 Å². The van der Waals surface area contributed by atoms with E-state index in [9.17, 15) is 4.79 Å². The van der Waals surface area contributed by atoms with Crippen LogP contribution in [0.2, 0.25) is 0 Å². The van der Waals surface area contributed by atoms with Gasteiger partial charge in [0.25, 0.3) is 0 Å². The molecule has 1 atom stereocenters. The van der Waals surface area contributed by atoms with E-state index in [4.69, 9.17) is 4.74 Å². The highest BCUT2D eigenvalue weighted by atomic mass is 32.2. The van der Waals surface area contributed by atoms with Crippen LogP contribution in [0.4, 0.5) is 0 Å². The van der Waals surface area contributed by atoms with Crippen molar-refractivity contribution in [1.29, 1.82) is 0 Å². The monoisotopic (exact) mass is 275 g/mol. The van der Waals surface area contributed by atoms with E-state index in [1.165, 1.54) is 11.8 Å². The molecule has 1 aromatic carbocycles. The summed E-state index contributed by atoms with van der Waals surface area (Å²) in [5.41, 5.74) is 2.17. The second kappa shape index (κ2) is 5.05. The Balaban J connectivity index is 1.90. The van der Waals surface area contributed by atoms with Gasteiger partial charge in [-0.3, -0.25) is 9.36 Å². The number of carbonyl (C=O) groups is 1. The maximum atomic E-state index is 11.5. The van der Waals surface area contributed by atoms with Crippen molar-refractivity contribution in [3.8, 4) is 5.69 Å². The molecule has 2 heterocycles. The average molecular weight is 275 g/mol. The van der Waals surface area contributed by atoms with E-state index in [-0.39, 0.29) is 11.2 Å². The summed E-state index contributed by atoms with van der Waals surface area (Å²) in [4.78, 5) is 11.5. The summed E-state index contributed by atoms with van der Waals surface area (Å²) >= 11 is 1.41. The highest BCUT2D eigenvalue weighted by Crippen LogP contribution is 2.29. The van der Waals surface area contributed by atoms with Crippen molar-refractivity contribution in [3.63, 3.8) is 0 Å². The predicted molar refractivity (Wildman–Crippen MR) is 71.3 cm³/mol. The first-order chi connectivity index (χ1) is 9.25. The molecule has 19 heavy (non-hydrogen) atoms. The Morgan fingerprint density at radius 3 is 3.00 bits per heavy atom. The number of hydrogen-bond donors (Lipinski definition) is 0. The van der Waals surface area contributed by atoms with Gasteiger partial charge in [-0.2, -0.15) is 0 Å². The number of rotatable bonds is 3. The maximum Gasteiger partial charge on any atom is 0.319 e. The van der Waals surface area contributed by atoms with Gasteiger partial charge in [0.1, 0.15) is 11.6 Å². The summed E-state index contributed by atoms with van der Waals surface area (Å²) < 4.78 is 6.87. The summed E-state index contributed by atoms with van der Waals surface area (Å²) in [7, 11) is 0. The van der Waals surface area contributed by atoms with Crippen molar-refractivity contribution in [2.75, 3.05) is 6.61 Å². The number of aryl methyl sites for hydroxylation is 1. The van der Waals surface area contributed by atoms with Crippen molar-refractivity contribution < 1.29 is 9.53 Å².